The highest BCUT2D eigenvalue weighted by atomic mass is 16.4. The molecule has 2 heterocycles. The minimum absolute atomic E-state index is 0.0141. The standard InChI is InChI=1S/C10H11N3O2/c14-10(15)4-9-8(6-12-13-9)3-7-1-2-11-5-7/h1-2,5-6,11H,3-4H2,(H,12,13)(H,14,15). The van der Waals surface area contributed by atoms with Gasteiger partial charge in [0.15, 0.2) is 0 Å². The molecule has 78 valence electrons. The van der Waals surface area contributed by atoms with Crippen LogP contribution in [0.25, 0.3) is 0 Å². The van der Waals surface area contributed by atoms with E-state index in [4.69, 9.17) is 5.11 Å². The van der Waals surface area contributed by atoms with E-state index in [0.29, 0.717) is 12.1 Å². The van der Waals surface area contributed by atoms with Crippen LogP contribution in [-0.2, 0) is 17.6 Å². The van der Waals surface area contributed by atoms with Gasteiger partial charge in [-0.2, -0.15) is 5.10 Å². The average molecular weight is 205 g/mol. The van der Waals surface area contributed by atoms with Gasteiger partial charge in [0.1, 0.15) is 0 Å². The summed E-state index contributed by atoms with van der Waals surface area (Å²) < 4.78 is 0. The number of carboxylic acids is 1. The van der Waals surface area contributed by atoms with E-state index >= 15 is 0 Å². The molecule has 5 heteroatoms. The minimum atomic E-state index is -0.852. The van der Waals surface area contributed by atoms with Gasteiger partial charge in [-0.15, -0.1) is 0 Å². The van der Waals surface area contributed by atoms with Gasteiger partial charge in [0.25, 0.3) is 0 Å². The van der Waals surface area contributed by atoms with Crippen molar-refractivity contribution in [2.75, 3.05) is 0 Å². The van der Waals surface area contributed by atoms with Crippen molar-refractivity contribution in [1.82, 2.24) is 15.2 Å². The molecule has 0 bridgehead atoms. The topological polar surface area (TPSA) is 81.8 Å². The van der Waals surface area contributed by atoms with Crippen molar-refractivity contribution in [3.05, 3.63) is 41.5 Å². The van der Waals surface area contributed by atoms with E-state index in [9.17, 15) is 4.79 Å². The first-order valence-electron chi connectivity index (χ1n) is 4.60. The first kappa shape index (κ1) is 9.51. The van der Waals surface area contributed by atoms with E-state index in [1.165, 1.54) is 0 Å². The lowest BCUT2D eigenvalue weighted by molar-refractivity contribution is -0.136. The van der Waals surface area contributed by atoms with Gasteiger partial charge in [0, 0.05) is 24.5 Å². The molecule has 0 saturated carbocycles. The van der Waals surface area contributed by atoms with Gasteiger partial charge in [-0.1, -0.05) is 0 Å². The SMILES string of the molecule is O=C(O)Cc1[nH]ncc1Cc1cc[nH]c1. The number of aromatic nitrogens is 3. The maximum absolute atomic E-state index is 10.6. The van der Waals surface area contributed by atoms with Crippen LogP contribution in [0.3, 0.4) is 0 Å². The Hall–Kier alpha value is -2.04. The molecule has 0 unspecified atom stereocenters. The molecule has 2 aromatic heterocycles. The minimum Gasteiger partial charge on any atom is -0.481 e. The highest BCUT2D eigenvalue weighted by molar-refractivity contribution is 5.70. The fourth-order valence-electron chi connectivity index (χ4n) is 1.48. The number of hydrogen-bond acceptors (Lipinski definition) is 2. The Bertz CT molecular complexity index is 445. The second-order valence-electron chi connectivity index (χ2n) is 3.34. The van der Waals surface area contributed by atoms with Gasteiger partial charge in [0.2, 0.25) is 0 Å². The summed E-state index contributed by atoms with van der Waals surface area (Å²) in [6.45, 7) is 0. The first-order valence-corrected chi connectivity index (χ1v) is 4.60. The molecule has 0 atom stereocenters. The van der Waals surface area contributed by atoms with E-state index in [-0.39, 0.29) is 6.42 Å². The normalized spacial score (nSPS) is 10.4. The number of aliphatic carboxylic acids is 1. The van der Waals surface area contributed by atoms with Crippen LogP contribution in [0.4, 0.5) is 0 Å². The predicted octanol–water partition coefficient (Wildman–Crippen LogP) is 0.956. The highest BCUT2D eigenvalue weighted by Gasteiger charge is 2.09. The molecule has 0 aliphatic carbocycles. The first-order chi connectivity index (χ1) is 7.25. The van der Waals surface area contributed by atoms with Crippen molar-refractivity contribution in [3.8, 4) is 0 Å². The molecule has 2 aromatic rings. The Morgan fingerprint density at radius 2 is 2.40 bits per heavy atom. The molecular weight excluding hydrogens is 194 g/mol. The number of nitrogens with one attached hydrogen (secondary N) is 2. The lowest BCUT2D eigenvalue weighted by atomic mass is 10.1. The molecule has 0 saturated heterocycles. The van der Waals surface area contributed by atoms with Gasteiger partial charge in [0.05, 0.1) is 12.6 Å². The van der Waals surface area contributed by atoms with Gasteiger partial charge in [-0.3, -0.25) is 9.89 Å². The van der Waals surface area contributed by atoms with Crippen LogP contribution in [0.2, 0.25) is 0 Å². The molecule has 0 aliphatic rings. The second-order valence-corrected chi connectivity index (χ2v) is 3.34. The van der Waals surface area contributed by atoms with E-state index in [1.807, 2.05) is 18.5 Å². The third-order valence-corrected chi connectivity index (χ3v) is 2.19. The van der Waals surface area contributed by atoms with Crippen molar-refractivity contribution in [2.24, 2.45) is 0 Å². The zero-order valence-electron chi connectivity index (χ0n) is 8.03. The molecule has 0 spiro atoms. The van der Waals surface area contributed by atoms with Crippen LogP contribution < -0.4 is 0 Å². The van der Waals surface area contributed by atoms with Crippen LogP contribution in [0.5, 0.6) is 0 Å². The Balaban J connectivity index is 2.14. The molecule has 5 nitrogen and oxygen atoms in total. The average Bonchev–Trinajstić information content (AvgIpc) is 2.78. The lowest BCUT2D eigenvalue weighted by Gasteiger charge is -1.98. The number of aromatic amines is 2. The quantitative estimate of drug-likeness (QED) is 0.695. The molecule has 2 rings (SSSR count). The molecular formula is C10H11N3O2. The Kier molecular flexibility index (Phi) is 2.53. The summed E-state index contributed by atoms with van der Waals surface area (Å²) in [6, 6.07) is 1.96. The molecule has 0 fully saturated rings. The highest BCUT2D eigenvalue weighted by Crippen LogP contribution is 2.11. The number of rotatable bonds is 4. The van der Waals surface area contributed by atoms with Gasteiger partial charge >= 0.3 is 5.97 Å². The Morgan fingerprint density at radius 3 is 3.07 bits per heavy atom. The van der Waals surface area contributed by atoms with E-state index in [2.05, 4.69) is 15.2 Å². The maximum atomic E-state index is 10.6. The van der Waals surface area contributed by atoms with Crippen molar-refractivity contribution in [3.63, 3.8) is 0 Å². The summed E-state index contributed by atoms with van der Waals surface area (Å²) in [5, 5.41) is 15.2. The number of carbonyl (C=O) groups is 1. The molecule has 0 amide bonds. The molecule has 0 aromatic carbocycles. The fraction of sp³-hybridized carbons (Fsp3) is 0.200. The maximum Gasteiger partial charge on any atom is 0.309 e. The molecule has 15 heavy (non-hydrogen) atoms. The van der Waals surface area contributed by atoms with Crippen molar-refractivity contribution in [2.45, 2.75) is 12.8 Å². The summed E-state index contributed by atoms with van der Waals surface area (Å²) in [4.78, 5) is 13.5. The van der Waals surface area contributed by atoms with Crippen molar-refractivity contribution in [1.29, 1.82) is 0 Å². The number of hydrogen-bond donors (Lipinski definition) is 3. The summed E-state index contributed by atoms with van der Waals surface area (Å²) in [6.07, 6.45) is 6.08. The number of carboxylic acid groups (broad SMARTS) is 1. The van der Waals surface area contributed by atoms with Gasteiger partial charge in [-0.25, -0.2) is 0 Å². The third kappa shape index (κ3) is 2.25. The smallest absolute Gasteiger partial charge is 0.309 e. The van der Waals surface area contributed by atoms with Gasteiger partial charge in [-0.05, 0) is 17.2 Å². The largest absolute Gasteiger partial charge is 0.481 e. The van der Waals surface area contributed by atoms with Crippen molar-refractivity contribution < 1.29 is 9.90 Å². The monoisotopic (exact) mass is 205 g/mol. The molecule has 0 aliphatic heterocycles. The summed E-state index contributed by atoms with van der Waals surface area (Å²) in [7, 11) is 0. The number of nitrogens with zero attached hydrogens (tertiary/aromatic N) is 1. The van der Waals surface area contributed by atoms with E-state index in [1.54, 1.807) is 6.20 Å². The predicted molar refractivity (Wildman–Crippen MR) is 53.5 cm³/mol. The Morgan fingerprint density at radius 1 is 1.53 bits per heavy atom. The Labute approximate surface area is 86.1 Å². The summed E-state index contributed by atoms with van der Waals surface area (Å²) in [5.74, 6) is -0.852. The lowest BCUT2D eigenvalue weighted by Crippen LogP contribution is -2.03. The van der Waals surface area contributed by atoms with Crippen LogP contribution in [-0.4, -0.2) is 26.3 Å². The van der Waals surface area contributed by atoms with Gasteiger partial charge < -0.3 is 10.1 Å². The third-order valence-electron chi connectivity index (χ3n) is 2.19. The van der Waals surface area contributed by atoms with Crippen LogP contribution in [0.15, 0.2) is 24.7 Å². The molecule has 3 N–H and O–H groups in total. The summed E-state index contributed by atoms with van der Waals surface area (Å²) in [5.41, 5.74) is 2.71. The summed E-state index contributed by atoms with van der Waals surface area (Å²) >= 11 is 0. The van der Waals surface area contributed by atoms with Crippen molar-refractivity contribution >= 4 is 5.97 Å². The van der Waals surface area contributed by atoms with Crippen LogP contribution in [0.1, 0.15) is 16.8 Å². The second kappa shape index (κ2) is 4.00. The van der Waals surface area contributed by atoms with Crippen LogP contribution >= 0.6 is 0 Å². The van der Waals surface area contributed by atoms with E-state index < -0.39 is 5.97 Å². The van der Waals surface area contributed by atoms with E-state index in [0.717, 1.165) is 11.1 Å². The van der Waals surface area contributed by atoms with Crippen LogP contribution in [0, 0.1) is 0 Å². The zero-order valence-corrected chi connectivity index (χ0v) is 8.03. The number of H-pyrrole nitrogens is 2. The zero-order chi connectivity index (χ0) is 10.7. The molecule has 0 radical (unpaired) electrons. The fourth-order valence-corrected chi connectivity index (χ4v) is 1.48.